The molecule has 3 heterocycles. The summed E-state index contributed by atoms with van der Waals surface area (Å²) < 4.78 is 1.49. The highest BCUT2D eigenvalue weighted by molar-refractivity contribution is 7.20. The van der Waals surface area contributed by atoms with Gasteiger partial charge in [0, 0.05) is 24.2 Å². The Morgan fingerprint density at radius 3 is 3.14 bits per heavy atom. The Hall–Kier alpha value is -2.52. The number of rotatable bonds is 5. The van der Waals surface area contributed by atoms with Crippen LogP contribution in [0.5, 0.6) is 0 Å². The molecule has 0 bridgehead atoms. The van der Waals surface area contributed by atoms with Crippen molar-refractivity contribution in [3.63, 3.8) is 0 Å². The zero-order valence-electron chi connectivity index (χ0n) is 11.4. The fraction of sp³-hybridized carbons (Fsp3) is 0.231. The molecule has 3 aromatic rings. The minimum atomic E-state index is -0.764. The fourth-order valence-corrected chi connectivity index (χ4v) is 2.93. The first-order valence-corrected chi connectivity index (χ1v) is 7.37. The molecule has 0 spiro atoms. The van der Waals surface area contributed by atoms with Crippen LogP contribution in [-0.2, 0) is 6.54 Å². The molecule has 3 N–H and O–H groups in total. The van der Waals surface area contributed by atoms with Gasteiger partial charge in [0.05, 0.1) is 23.7 Å². The number of hydrogen-bond acceptors (Lipinski definition) is 6. The van der Waals surface area contributed by atoms with Gasteiger partial charge in [0.2, 0.25) is 5.56 Å². The summed E-state index contributed by atoms with van der Waals surface area (Å²) in [6.45, 7) is 0.351. The predicted molar refractivity (Wildman–Crippen MR) is 80.8 cm³/mol. The Morgan fingerprint density at radius 2 is 2.36 bits per heavy atom. The lowest BCUT2D eigenvalue weighted by Crippen LogP contribution is -2.34. The number of carbonyl (C=O) groups excluding carboxylic acids is 1. The van der Waals surface area contributed by atoms with Gasteiger partial charge in [0.1, 0.15) is 4.83 Å². The Kier molecular flexibility index (Phi) is 3.98. The molecule has 9 heteroatoms. The number of thiophene rings is 1. The van der Waals surface area contributed by atoms with E-state index in [1.54, 1.807) is 18.3 Å². The molecular formula is C13H13N5O3S. The molecule has 0 aliphatic rings. The number of pyridine rings is 1. The number of fused-ring (bicyclic) bond motifs is 1. The van der Waals surface area contributed by atoms with Gasteiger partial charge in [-0.1, -0.05) is 5.21 Å². The van der Waals surface area contributed by atoms with E-state index >= 15 is 0 Å². The van der Waals surface area contributed by atoms with Gasteiger partial charge in [-0.05, 0) is 12.1 Å². The smallest absolute Gasteiger partial charge is 0.261 e. The van der Waals surface area contributed by atoms with E-state index in [2.05, 4.69) is 20.6 Å². The van der Waals surface area contributed by atoms with Crippen molar-refractivity contribution < 1.29 is 9.90 Å². The molecule has 22 heavy (non-hydrogen) atoms. The van der Waals surface area contributed by atoms with Crippen molar-refractivity contribution in [1.29, 1.82) is 0 Å². The van der Waals surface area contributed by atoms with E-state index < -0.39 is 6.10 Å². The first-order valence-electron chi connectivity index (χ1n) is 6.55. The normalized spacial score (nSPS) is 12.4. The SMILES string of the molecule is O=C(NCC(O)Cn1ccnn1)c1cc2ccc(=O)[nH]c2s1. The van der Waals surface area contributed by atoms with Crippen LogP contribution in [-0.4, -0.2) is 43.6 Å². The van der Waals surface area contributed by atoms with Gasteiger partial charge in [-0.15, -0.1) is 16.4 Å². The van der Waals surface area contributed by atoms with Crippen LogP contribution < -0.4 is 10.9 Å². The molecule has 114 valence electrons. The number of aromatic nitrogens is 4. The number of carbonyl (C=O) groups is 1. The van der Waals surface area contributed by atoms with Gasteiger partial charge in [0.15, 0.2) is 0 Å². The summed E-state index contributed by atoms with van der Waals surface area (Å²) in [5.41, 5.74) is -0.204. The third kappa shape index (κ3) is 3.21. The molecule has 1 unspecified atom stereocenters. The molecule has 1 amide bonds. The molecule has 0 aliphatic heterocycles. The lowest BCUT2D eigenvalue weighted by Gasteiger charge is -2.10. The maximum absolute atomic E-state index is 12.1. The van der Waals surface area contributed by atoms with Crippen molar-refractivity contribution in [2.75, 3.05) is 6.54 Å². The van der Waals surface area contributed by atoms with Crippen molar-refractivity contribution in [2.45, 2.75) is 12.6 Å². The third-order valence-corrected chi connectivity index (χ3v) is 4.07. The minimum absolute atomic E-state index is 0.101. The summed E-state index contributed by atoms with van der Waals surface area (Å²) in [5.74, 6) is -0.292. The second-order valence-electron chi connectivity index (χ2n) is 4.71. The summed E-state index contributed by atoms with van der Waals surface area (Å²) >= 11 is 1.20. The largest absolute Gasteiger partial charge is 0.389 e. The Bertz CT molecular complexity index is 839. The molecule has 0 radical (unpaired) electrons. The van der Waals surface area contributed by atoms with E-state index in [9.17, 15) is 14.7 Å². The maximum Gasteiger partial charge on any atom is 0.261 e. The zero-order valence-corrected chi connectivity index (χ0v) is 12.2. The summed E-state index contributed by atoms with van der Waals surface area (Å²) in [6.07, 6.45) is 2.39. The highest BCUT2D eigenvalue weighted by Gasteiger charge is 2.13. The number of aromatic amines is 1. The van der Waals surface area contributed by atoms with Crippen molar-refractivity contribution in [1.82, 2.24) is 25.3 Å². The number of hydrogen-bond donors (Lipinski definition) is 3. The van der Waals surface area contributed by atoms with Gasteiger partial charge in [-0.25, -0.2) is 4.68 Å². The maximum atomic E-state index is 12.1. The van der Waals surface area contributed by atoms with Crippen LogP contribution in [0.4, 0.5) is 0 Å². The van der Waals surface area contributed by atoms with Gasteiger partial charge in [-0.3, -0.25) is 9.59 Å². The van der Waals surface area contributed by atoms with Crippen LogP contribution in [0.1, 0.15) is 9.67 Å². The molecule has 0 aromatic carbocycles. The number of nitrogens with zero attached hydrogens (tertiary/aromatic N) is 3. The highest BCUT2D eigenvalue weighted by Crippen LogP contribution is 2.22. The monoisotopic (exact) mass is 319 g/mol. The van der Waals surface area contributed by atoms with Crippen LogP contribution in [0.3, 0.4) is 0 Å². The first-order chi connectivity index (χ1) is 10.6. The van der Waals surface area contributed by atoms with Crippen molar-refractivity contribution in [2.24, 2.45) is 0 Å². The molecule has 1 atom stereocenters. The Morgan fingerprint density at radius 1 is 1.50 bits per heavy atom. The fourth-order valence-electron chi connectivity index (χ4n) is 1.97. The van der Waals surface area contributed by atoms with Gasteiger partial charge in [-0.2, -0.15) is 0 Å². The summed E-state index contributed by atoms with van der Waals surface area (Å²) in [7, 11) is 0. The van der Waals surface area contributed by atoms with E-state index in [1.807, 2.05) is 0 Å². The predicted octanol–water partition coefficient (Wildman–Crippen LogP) is -0.0280. The lowest BCUT2D eigenvalue weighted by atomic mass is 10.3. The quantitative estimate of drug-likeness (QED) is 0.611. The topological polar surface area (TPSA) is 113 Å². The van der Waals surface area contributed by atoms with Crippen molar-refractivity contribution in [3.05, 3.63) is 45.8 Å². The summed E-state index contributed by atoms with van der Waals surface area (Å²) in [5, 5.41) is 20.7. The van der Waals surface area contributed by atoms with Crippen LogP contribution in [0.2, 0.25) is 0 Å². The Balaban J connectivity index is 1.62. The average Bonchev–Trinajstić information content (AvgIpc) is 3.13. The number of aliphatic hydroxyl groups excluding tert-OH is 1. The molecule has 3 aromatic heterocycles. The van der Waals surface area contributed by atoms with E-state index in [0.29, 0.717) is 9.71 Å². The molecule has 8 nitrogen and oxygen atoms in total. The van der Waals surface area contributed by atoms with Gasteiger partial charge < -0.3 is 15.4 Å². The Labute approximate surface area is 128 Å². The van der Waals surface area contributed by atoms with Crippen LogP contribution in [0.25, 0.3) is 10.2 Å². The standard InChI is InChI=1S/C13H13N5O3S/c19-9(7-18-4-3-15-17-18)6-14-12(21)10-5-8-1-2-11(20)16-13(8)22-10/h1-5,9,19H,6-7H2,(H,14,21)(H,16,20). The van der Waals surface area contributed by atoms with Gasteiger partial charge in [0.25, 0.3) is 5.91 Å². The van der Waals surface area contributed by atoms with Gasteiger partial charge >= 0.3 is 0 Å². The highest BCUT2D eigenvalue weighted by atomic mass is 32.1. The van der Waals surface area contributed by atoms with E-state index in [0.717, 1.165) is 5.39 Å². The number of amides is 1. The molecule has 0 fully saturated rings. The summed E-state index contributed by atoms with van der Waals surface area (Å²) in [4.78, 5) is 27.1. The average molecular weight is 319 g/mol. The first kappa shape index (κ1) is 14.4. The molecule has 0 saturated carbocycles. The third-order valence-electron chi connectivity index (χ3n) is 3.00. The second-order valence-corrected chi connectivity index (χ2v) is 5.76. The van der Waals surface area contributed by atoms with Crippen LogP contribution >= 0.6 is 11.3 Å². The van der Waals surface area contributed by atoms with Crippen molar-refractivity contribution in [3.8, 4) is 0 Å². The second kappa shape index (κ2) is 6.08. The zero-order chi connectivity index (χ0) is 15.5. The molecule has 0 saturated heterocycles. The minimum Gasteiger partial charge on any atom is -0.389 e. The van der Waals surface area contributed by atoms with E-state index in [-0.39, 0.29) is 24.6 Å². The summed E-state index contributed by atoms with van der Waals surface area (Å²) in [6, 6.07) is 4.79. The van der Waals surface area contributed by atoms with Crippen LogP contribution in [0, 0.1) is 0 Å². The number of aliphatic hydroxyl groups is 1. The van der Waals surface area contributed by atoms with Crippen LogP contribution in [0.15, 0.2) is 35.4 Å². The lowest BCUT2D eigenvalue weighted by molar-refractivity contribution is 0.0904. The molecular weight excluding hydrogens is 306 g/mol. The van der Waals surface area contributed by atoms with Crippen molar-refractivity contribution >= 4 is 27.5 Å². The molecule has 3 rings (SSSR count). The number of H-pyrrole nitrogens is 1. The molecule has 0 aliphatic carbocycles. The van der Waals surface area contributed by atoms with E-state index in [4.69, 9.17) is 0 Å². The number of nitrogens with one attached hydrogen (secondary N) is 2. The van der Waals surface area contributed by atoms with E-state index in [1.165, 1.54) is 28.3 Å².